The van der Waals surface area contributed by atoms with Crippen LogP contribution >= 0.6 is 0 Å². The Morgan fingerprint density at radius 1 is 0.970 bits per heavy atom. The molecule has 33 heavy (non-hydrogen) atoms. The molecule has 0 saturated carbocycles. The number of hydrogen-bond acceptors (Lipinski definition) is 5. The zero-order valence-electron chi connectivity index (χ0n) is 19.7. The van der Waals surface area contributed by atoms with Gasteiger partial charge in [-0.15, -0.1) is 0 Å². The molecule has 7 nitrogen and oxygen atoms in total. The van der Waals surface area contributed by atoms with E-state index in [4.69, 9.17) is 14.9 Å². The number of fused-ring (bicyclic) bond motifs is 1. The Balaban J connectivity index is 0.000000821. The van der Waals surface area contributed by atoms with Gasteiger partial charge in [-0.05, 0) is 63.2 Å². The van der Waals surface area contributed by atoms with Gasteiger partial charge in [0.25, 0.3) is 6.47 Å². The molecule has 0 unspecified atom stereocenters. The van der Waals surface area contributed by atoms with Crippen molar-refractivity contribution < 1.29 is 9.90 Å². The highest BCUT2D eigenvalue weighted by atomic mass is 16.3. The number of carboxylic acid groups (broad SMARTS) is 1. The van der Waals surface area contributed by atoms with E-state index in [0.717, 1.165) is 30.3 Å². The number of piperazine rings is 1. The number of aryl methyl sites for hydroxylation is 1. The van der Waals surface area contributed by atoms with E-state index in [1.807, 2.05) is 0 Å². The molecule has 0 bridgehead atoms. The first-order valence-electron chi connectivity index (χ1n) is 11.8. The number of imidazole rings is 1. The largest absolute Gasteiger partial charge is 0.483 e. The quantitative estimate of drug-likeness (QED) is 0.616. The van der Waals surface area contributed by atoms with Crippen LogP contribution in [0.5, 0.6) is 0 Å². The van der Waals surface area contributed by atoms with E-state index in [0.29, 0.717) is 0 Å². The highest BCUT2D eigenvalue weighted by Crippen LogP contribution is 2.28. The molecule has 0 amide bonds. The number of carbonyl (C=O) groups is 1. The smallest absolute Gasteiger partial charge is 0.290 e. The molecule has 2 saturated heterocycles. The fraction of sp³-hybridized carbons (Fsp3) is 0.462. The number of benzene rings is 2. The number of para-hydroxylation sites is 2. The van der Waals surface area contributed by atoms with Crippen molar-refractivity contribution in [3.63, 3.8) is 0 Å². The summed E-state index contributed by atoms with van der Waals surface area (Å²) in [6.45, 7) is 8.11. The fourth-order valence-electron chi connectivity index (χ4n) is 5.04. The number of likely N-dealkylation sites (tertiary alicyclic amines) is 1. The van der Waals surface area contributed by atoms with Gasteiger partial charge in [-0.1, -0.05) is 24.3 Å². The third kappa shape index (κ3) is 5.54. The number of anilines is 1. The average Bonchev–Trinajstić information content (AvgIpc) is 3.18. The lowest BCUT2D eigenvalue weighted by Crippen LogP contribution is -2.48. The van der Waals surface area contributed by atoms with Crippen molar-refractivity contribution in [3.05, 3.63) is 48.5 Å². The van der Waals surface area contributed by atoms with Crippen molar-refractivity contribution in [2.75, 3.05) is 57.8 Å². The maximum atomic E-state index is 8.36. The zero-order valence-corrected chi connectivity index (χ0v) is 19.7. The van der Waals surface area contributed by atoms with Crippen LogP contribution in [0.25, 0.3) is 22.4 Å². The molecule has 2 fully saturated rings. The number of aromatic nitrogens is 2. The summed E-state index contributed by atoms with van der Waals surface area (Å²) in [5.41, 5.74) is 4.75. The molecule has 2 aliphatic rings. The van der Waals surface area contributed by atoms with E-state index in [-0.39, 0.29) is 6.47 Å². The summed E-state index contributed by atoms with van der Waals surface area (Å²) in [6.07, 6.45) is 2.72. The molecule has 176 valence electrons. The first-order chi connectivity index (χ1) is 16.1. The van der Waals surface area contributed by atoms with Crippen molar-refractivity contribution in [1.82, 2.24) is 19.4 Å². The second-order valence-corrected chi connectivity index (χ2v) is 9.17. The second kappa shape index (κ2) is 10.8. The normalized spacial score (nSPS) is 18.2. The summed E-state index contributed by atoms with van der Waals surface area (Å²) >= 11 is 0. The number of nitrogens with zero attached hydrogens (tertiary/aromatic N) is 5. The van der Waals surface area contributed by atoms with Crippen LogP contribution in [-0.2, 0) is 11.8 Å². The van der Waals surface area contributed by atoms with E-state index >= 15 is 0 Å². The number of rotatable bonds is 4. The van der Waals surface area contributed by atoms with Crippen LogP contribution in [0, 0.1) is 5.92 Å². The maximum absolute atomic E-state index is 8.36. The van der Waals surface area contributed by atoms with E-state index in [2.05, 4.69) is 81.9 Å². The van der Waals surface area contributed by atoms with Crippen molar-refractivity contribution in [2.24, 2.45) is 13.0 Å². The average molecular weight is 450 g/mol. The summed E-state index contributed by atoms with van der Waals surface area (Å²) in [5, 5.41) is 6.89. The number of piperidine rings is 1. The molecule has 5 rings (SSSR count). The van der Waals surface area contributed by atoms with Crippen LogP contribution in [0.3, 0.4) is 0 Å². The zero-order chi connectivity index (χ0) is 23.2. The van der Waals surface area contributed by atoms with Gasteiger partial charge in [-0.25, -0.2) is 4.98 Å². The minimum absolute atomic E-state index is 0.250. The van der Waals surface area contributed by atoms with Gasteiger partial charge in [0, 0.05) is 51.0 Å². The van der Waals surface area contributed by atoms with Crippen molar-refractivity contribution >= 4 is 23.2 Å². The van der Waals surface area contributed by atoms with E-state index in [1.54, 1.807) is 0 Å². The lowest BCUT2D eigenvalue weighted by molar-refractivity contribution is -0.122. The molecule has 0 atom stereocenters. The molecule has 2 aliphatic heterocycles. The van der Waals surface area contributed by atoms with Crippen LogP contribution < -0.4 is 4.90 Å². The Morgan fingerprint density at radius 2 is 1.67 bits per heavy atom. The first kappa shape index (κ1) is 23.3. The van der Waals surface area contributed by atoms with Crippen LogP contribution in [0.15, 0.2) is 48.5 Å². The van der Waals surface area contributed by atoms with Gasteiger partial charge in [0.15, 0.2) is 0 Å². The minimum atomic E-state index is -0.250. The lowest BCUT2D eigenvalue weighted by atomic mass is 9.96. The standard InChI is InChI=1S/C25H33N5.CH2O2/c1-27-12-10-20(11-13-27)19-29-14-16-30(17-15-29)22-7-5-6-21(18-22)25-26-23-8-3-4-9-24(23)28(25)2;2-1-3/h3-9,18,20H,10-17,19H2,1-2H3;1H,(H,2,3). The predicted molar refractivity (Wildman–Crippen MR) is 134 cm³/mol. The van der Waals surface area contributed by atoms with Gasteiger partial charge in [-0.3, -0.25) is 9.69 Å². The molecular formula is C26H35N5O2. The molecule has 3 aromatic rings. The molecule has 0 aliphatic carbocycles. The summed E-state index contributed by atoms with van der Waals surface area (Å²) in [6, 6.07) is 17.3. The summed E-state index contributed by atoms with van der Waals surface area (Å²) < 4.78 is 2.20. The van der Waals surface area contributed by atoms with Gasteiger partial charge in [0.05, 0.1) is 11.0 Å². The molecular weight excluding hydrogens is 414 g/mol. The van der Waals surface area contributed by atoms with Gasteiger partial charge >= 0.3 is 0 Å². The summed E-state index contributed by atoms with van der Waals surface area (Å²) in [7, 11) is 4.36. The summed E-state index contributed by atoms with van der Waals surface area (Å²) in [4.78, 5) is 20.9. The van der Waals surface area contributed by atoms with Crippen LogP contribution in [-0.4, -0.2) is 83.8 Å². The third-order valence-corrected chi connectivity index (χ3v) is 6.98. The van der Waals surface area contributed by atoms with Crippen LogP contribution in [0.4, 0.5) is 5.69 Å². The van der Waals surface area contributed by atoms with Crippen LogP contribution in [0.1, 0.15) is 12.8 Å². The lowest BCUT2D eigenvalue weighted by Gasteiger charge is -2.39. The van der Waals surface area contributed by atoms with E-state index in [9.17, 15) is 0 Å². The Morgan fingerprint density at radius 3 is 2.36 bits per heavy atom. The highest BCUT2D eigenvalue weighted by Gasteiger charge is 2.23. The van der Waals surface area contributed by atoms with Crippen molar-refractivity contribution in [1.29, 1.82) is 0 Å². The highest BCUT2D eigenvalue weighted by molar-refractivity contribution is 5.81. The van der Waals surface area contributed by atoms with Crippen molar-refractivity contribution in [2.45, 2.75) is 12.8 Å². The molecule has 2 aromatic carbocycles. The molecule has 7 heteroatoms. The van der Waals surface area contributed by atoms with E-state index in [1.165, 1.54) is 62.3 Å². The van der Waals surface area contributed by atoms with E-state index < -0.39 is 0 Å². The Bertz CT molecular complexity index is 1050. The minimum Gasteiger partial charge on any atom is -0.483 e. The van der Waals surface area contributed by atoms with Gasteiger partial charge in [-0.2, -0.15) is 0 Å². The molecule has 3 heterocycles. The Kier molecular flexibility index (Phi) is 7.62. The Labute approximate surface area is 196 Å². The maximum Gasteiger partial charge on any atom is 0.290 e. The third-order valence-electron chi connectivity index (χ3n) is 6.98. The topological polar surface area (TPSA) is 64.8 Å². The first-order valence-corrected chi connectivity index (χ1v) is 11.8. The predicted octanol–water partition coefficient (Wildman–Crippen LogP) is 3.40. The van der Waals surface area contributed by atoms with Gasteiger partial charge in [0.1, 0.15) is 5.82 Å². The molecule has 1 N–H and O–H groups in total. The van der Waals surface area contributed by atoms with Gasteiger partial charge < -0.3 is 19.5 Å². The van der Waals surface area contributed by atoms with Gasteiger partial charge in [0.2, 0.25) is 0 Å². The van der Waals surface area contributed by atoms with Crippen molar-refractivity contribution in [3.8, 4) is 11.4 Å². The molecule has 0 radical (unpaired) electrons. The molecule has 0 spiro atoms. The summed E-state index contributed by atoms with van der Waals surface area (Å²) in [5.74, 6) is 1.92. The second-order valence-electron chi connectivity index (χ2n) is 9.17. The SMILES string of the molecule is CN1CCC(CN2CCN(c3cccc(-c4nc5ccccc5n4C)c3)CC2)CC1.O=CO. The fourth-order valence-corrected chi connectivity index (χ4v) is 5.04. The monoisotopic (exact) mass is 449 g/mol. The Hall–Kier alpha value is -2.90. The van der Waals surface area contributed by atoms with Crippen LogP contribution in [0.2, 0.25) is 0 Å². The molecule has 1 aromatic heterocycles. The number of hydrogen-bond donors (Lipinski definition) is 1.